The molecular formula is C21H23F3N4O3S. The molecule has 0 amide bonds. The Morgan fingerprint density at radius 2 is 2.22 bits per heavy atom. The SMILES string of the molecule is CCOC(=O)c1cc(-c2nccs2)c2oc(N3CCCCC(NC)C3)nc2c1C(F)(F)F. The maximum Gasteiger partial charge on any atom is 0.419 e. The Bertz CT molecular complexity index is 1100. The number of anilines is 1. The van der Waals surface area contributed by atoms with Crippen LogP contribution < -0.4 is 10.2 Å². The smallest absolute Gasteiger partial charge is 0.419 e. The van der Waals surface area contributed by atoms with Gasteiger partial charge in [0.25, 0.3) is 6.01 Å². The molecule has 3 heterocycles. The van der Waals surface area contributed by atoms with Crippen LogP contribution in [0.4, 0.5) is 19.2 Å². The molecular weight excluding hydrogens is 445 g/mol. The number of aromatic nitrogens is 2. The molecule has 7 nitrogen and oxygen atoms in total. The van der Waals surface area contributed by atoms with Crippen molar-refractivity contribution in [1.82, 2.24) is 15.3 Å². The van der Waals surface area contributed by atoms with E-state index in [2.05, 4.69) is 15.3 Å². The summed E-state index contributed by atoms with van der Waals surface area (Å²) in [4.78, 5) is 22.8. The summed E-state index contributed by atoms with van der Waals surface area (Å²) in [6.45, 7) is 2.66. The van der Waals surface area contributed by atoms with Gasteiger partial charge in [-0.1, -0.05) is 6.42 Å². The second-order valence-corrected chi connectivity index (χ2v) is 8.40. The van der Waals surface area contributed by atoms with Crippen molar-refractivity contribution >= 4 is 34.4 Å². The van der Waals surface area contributed by atoms with Crippen molar-refractivity contribution in [1.29, 1.82) is 0 Å². The fourth-order valence-electron chi connectivity index (χ4n) is 3.93. The maximum absolute atomic E-state index is 14.2. The van der Waals surface area contributed by atoms with Crippen LogP contribution in [0.5, 0.6) is 0 Å². The standard InChI is InChI=1S/C21H23F3N4O3S/c1-3-30-19(29)13-10-14(18-26-7-9-32-18)17-16(15(13)21(22,23)24)27-20(31-17)28-8-5-4-6-12(11-28)25-2/h7,9-10,12,25H,3-6,8,11H2,1-2H3. The van der Waals surface area contributed by atoms with Crippen LogP contribution in [0.1, 0.15) is 42.1 Å². The van der Waals surface area contributed by atoms with Gasteiger partial charge in [0, 0.05) is 30.7 Å². The van der Waals surface area contributed by atoms with Gasteiger partial charge in [0.05, 0.1) is 23.3 Å². The molecule has 0 bridgehead atoms. The van der Waals surface area contributed by atoms with E-state index in [-0.39, 0.29) is 29.8 Å². The summed E-state index contributed by atoms with van der Waals surface area (Å²) in [5.41, 5.74) is -1.92. The fraction of sp³-hybridized carbons (Fsp3) is 0.476. The normalized spacial score (nSPS) is 17.5. The molecule has 1 fully saturated rings. The molecule has 1 aliphatic rings. The largest absolute Gasteiger partial charge is 0.462 e. The number of carbonyl (C=O) groups excluding carboxylic acids is 1. The van der Waals surface area contributed by atoms with E-state index in [1.807, 2.05) is 11.9 Å². The Balaban J connectivity index is 1.95. The Morgan fingerprint density at radius 3 is 2.88 bits per heavy atom. The van der Waals surface area contributed by atoms with E-state index >= 15 is 0 Å². The lowest BCUT2D eigenvalue weighted by Crippen LogP contribution is -2.38. The summed E-state index contributed by atoms with van der Waals surface area (Å²) in [5.74, 6) is -1.06. The topological polar surface area (TPSA) is 80.5 Å². The van der Waals surface area contributed by atoms with E-state index in [1.165, 1.54) is 24.5 Å². The Kier molecular flexibility index (Phi) is 6.38. The minimum absolute atomic E-state index is 0.0411. The third-order valence-electron chi connectivity index (χ3n) is 5.45. The molecule has 172 valence electrons. The van der Waals surface area contributed by atoms with Gasteiger partial charge >= 0.3 is 12.1 Å². The van der Waals surface area contributed by atoms with Gasteiger partial charge in [-0.15, -0.1) is 11.3 Å². The first-order valence-corrected chi connectivity index (χ1v) is 11.2. The fourth-order valence-corrected chi connectivity index (χ4v) is 4.58. The zero-order valence-electron chi connectivity index (χ0n) is 17.7. The third kappa shape index (κ3) is 4.31. The Morgan fingerprint density at radius 1 is 1.41 bits per heavy atom. The summed E-state index contributed by atoms with van der Waals surface area (Å²) in [7, 11) is 1.86. The number of rotatable bonds is 5. The minimum Gasteiger partial charge on any atom is -0.462 e. The number of nitrogens with zero attached hydrogens (tertiary/aromatic N) is 3. The van der Waals surface area contributed by atoms with Gasteiger partial charge in [0.2, 0.25) is 0 Å². The number of carbonyl (C=O) groups is 1. The average Bonchev–Trinajstić information content (AvgIpc) is 3.37. The van der Waals surface area contributed by atoms with Gasteiger partial charge < -0.3 is 19.4 Å². The highest BCUT2D eigenvalue weighted by Gasteiger charge is 2.41. The number of nitrogens with one attached hydrogen (secondary N) is 1. The Hall–Kier alpha value is -2.66. The summed E-state index contributed by atoms with van der Waals surface area (Å²) in [6, 6.07) is 1.42. The molecule has 0 saturated carbocycles. The van der Waals surface area contributed by atoms with Crippen molar-refractivity contribution in [2.75, 3.05) is 31.6 Å². The van der Waals surface area contributed by atoms with Crippen LogP contribution in [0.2, 0.25) is 0 Å². The molecule has 11 heteroatoms. The molecule has 32 heavy (non-hydrogen) atoms. The van der Waals surface area contributed by atoms with Crippen LogP contribution in [0.15, 0.2) is 22.1 Å². The van der Waals surface area contributed by atoms with Gasteiger partial charge in [-0.05, 0) is 32.9 Å². The number of halogens is 3. The second-order valence-electron chi connectivity index (χ2n) is 7.50. The van der Waals surface area contributed by atoms with Crippen molar-refractivity contribution in [3.05, 3.63) is 28.8 Å². The molecule has 1 aromatic carbocycles. The lowest BCUT2D eigenvalue weighted by molar-refractivity contribution is -0.137. The second kappa shape index (κ2) is 9.07. The van der Waals surface area contributed by atoms with E-state index < -0.39 is 28.8 Å². The van der Waals surface area contributed by atoms with Crippen LogP contribution in [-0.2, 0) is 10.9 Å². The highest BCUT2D eigenvalue weighted by Crippen LogP contribution is 2.43. The number of hydrogen-bond donors (Lipinski definition) is 1. The molecule has 0 aliphatic carbocycles. The number of likely N-dealkylation sites (N-methyl/N-ethyl adjacent to an activating group) is 1. The quantitative estimate of drug-likeness (QED) is 0.543. The van der Waals surface area contributed by atoms with Gasteiger partial charge in [-0.25, -0.2) is 9.78 Å². The number of benzene rings is 1. The number of fused-ring (bicyclic) bond motifs is 1. The van der Waals surface area contributed by atoms with Crippen LogP contribution in [0, 0.1) is 0 Å². The van der Waals surface area contributed by atoms with Crippen molar-refractivity contribution in [2.24, 2.45) is 0 Å². The zero-order chi connectivity index (χ0) is 22.9. The van der Waals surface area contributed by atoms with Crippen molar-refractivity contribution < 1.29 is 27.1 Å². The number of esters is 1. The number of ether oxygens (including phenoxy) is 1. The van der Waals surface area contributed by atoms with Crippen LogP contribution in [0.25, 0.3) is 21.7 Å². The van der Waals surface area contributed by atoms with Crippen LogP contribution >= 0.6 is 11.3 Å². The lowest BCUT2D eigenvalue weighted by atomic mass is 10.0. The number of alkyl halides is 3. The van der Waals surface area contributed by atoms with Gasteiger partial charge in [-0.3, -0.25) is 0 Å². The molecule has 1 aliphatic heterocycles. The average molecular weight is 469 g/mol. The monoisotopic (exact) mass is 468 g/mol. The zero-order valence-corrected chi connectivity index (χ0v) is 18.5. The molecule has 1 unspecified atom stereocenters. The predicted molar refractivity (Wildman–Crippen MR) is 115 cm³/mol. The molecule has 0 radical (unpaired) electrons. The van der Waals surface area contributed by atoms with Crippen LogP contribution in [0.3, 0.4) is 0 Å². The Labute approximate surface area is 186 Å². The molecule has 2 aromatic heterocycles. The summed E-state index contributed by atoms with van der Waals surface area (Å²) < 4.78 is 53.3. The molecule has 1 saturated heterocycles. The lowest BCUT2D eigenvalue weighted by Gasteiger charge is -2.22. The van der Waals surface area contributed by atoms with Gasteiger partial charge in [0.15, 0.2) is 5.58 Å². The summed E-state index contributed by atoms with van der Waals surface area (Å²) in [5, 5.41) is 5.36. The molecule has 1 N–H and O–H groups in total. The van der Waals surface area contributed by atoms with Gasteiger partial charge in [-0.2, -0.15) is 18.2 Å². The maximum atomic E-state index is 14.2. The van der Waals surface area contributed by atoms with E-state index in [1.54, 1.807) is 5.38 Å². The van der Waals surface area contributed by atoms with Gasteiger partial charge in [0.1, 0.15) is 10.5 Å². The minimum atomic E-state index is -4.83. The van der Waals surface area contributed by atoms with E-state index in [0.29, 0.717) is 18.1 Å². The number of hydrogen-bond acceptors (Lipinski definition) is 8. The number of thiazole rings is 1. The number of oxazole rings is 1. The molecule has 1 atom stereocenters. The van der Waals surface area contributed by atoms with E-state index in [0.717, 1.165) is 25.3 Å². The first-order valence-electron chi connectivity index (χ1n) is 10.4. The summed E-state index contributed by atoms with van der Waals surface area (Å²) in [6.07, 6.45) is -0.471. The van der Waals surface area contributed by atoms with Crippen LogP contribution in [-0.4, -0.2) is 48.7 Å². The molecule has 3 aromatic rings. The van der Waals surface area contributed by atoms with E-state index in [9.17, 15) is 18.0 Å². The van der Waals surface area contributed by atoms with Crippen molar-refractivity contribution in [2.45, 2.75) is 38.4 Å². The summed E-state index contributed by atoms with van der Waals surface area (Å²) >= 11 is 1.23. The highest BCUT2D eigenvalue weighted by atomic mass is 32.1. The third-order valence-corrected chi connectivity index (χ3v) is 6.25. The first-order chi connectivity index (χ1) is 15.3. The van der Waals surface area contributed by atoms with E-state index in [4.69, 9.17) is 9.15 Å². The van der Waals surface area contributed by atoms with Crippen molar-refractivity contribution in [3.8, 4) is 10.6 Å². The molecule has 4 rings (SSSR count). The first kappa shape index (κ1) is 22.5. The van der Waals surface area contributed by atoms with Crippen molar-refractivity contribution in [3.63, 3.8) is 0 Å². The molecule has 0 spiro atoms. The predicted octanol–water partition coefficient (Wildman–Crippen LogP) is 4.73. The highest BCUT2D eigenvalue weighted by molar-refractivity contribution is 7.13.